The Kier molecular flexibility index (Phi) is 4.42. The van der Waals surface area contributed by atoms with Crippen molar-refractivity contribution in [2.24, 2.45) is 11.8 Å². The van der Waals surface area contributed by atoms with E-state index >= 15 is 0 Å². The predicted octanol–water partition coefficient (Wildman–Crippen LogP) is 1.31. The van der Waals surface area contributed by atoms with Crippen LogP contribution in [0.1, 0.15) is 58.3 Å². The lowest BCUT2D eigenvalue weighted by atomic mass is 9.51. The topological polar surface area (TPSA) is 102 Å². The van der Waals surface area contributed by atoms with Crippen molar-refractivity contribution in [1.82, 2.24) is 15.5 Å². The molecule has 0 aromatic carbocycles. The number of aliphatic carboxylic acids is 1. The zero-order valence-electron chi connectivity index (χ0n) is 15.5. The molecule has 26 heavy (non-hydrogen) atoms. The molecule has 5 rings (SSSR count). The lowest BCUT2D eigenvalue weighted by Crippen LogP contribution is -2.67. The standard InChI is InChI=1S/C19H31N3O4/c1-2-22(10-16(23)24)15-4-14(5-15)20-17(25)21-18-6-12-3-13(7-18)9-19(26,8-12)11-18/h12-15,26H,2-11H2,1H3,(H,23,24)(H2,20,21,25). The van der Waals surface area contributed by atoms with E-state index in [0.717, 1.165) is 38.5 Å². The Morgan fingerprint density at radius 1 is 1.12 bits per heavy atom. The Hall–Kier alpha value is -1.34. The van der Waals surface area contributed by atoms with E-state index < -0.39 is 11.6 Å². The second-order valence-corrected chi connectivity index (χ2v) is 9.34. The maximum atomic E-state index is 12.5. The van der Waals surface area contributed by atoms with E-state index in [4.69, 9.17) is 5.11 Å². The smallest absolute Gasteiger partial charge is 0.317 e. The van der Waals surface area contributed by atoms with Gasteiger partial charge in [0.15, 0.2) is 0 Å². The Morgan fingerprint density at radius 3 is 2.31 bits per heavy atom. The number of aliphatic hydroxyl groups is 1. The second kappa shape index (κ2) is 6.37. The molecule has 0 aliphatic heterocycles. The average Bonchev–Trinajstić information content (AvgIpc) is 2.45. The first-order valence-electron chi connectivity index (χ1n) is 10.0. The molecule has 2 amide bonds. The van der Waals surface area contributed by atoms with Crippen molar-refractivity contribution in [2.45, 2.75) is 81.5 Å². The van der Waals surface area contributed by atoms with E-state index in [9.17, 15) is 14.7 Å². The summed E-state index contributed by atoms with van der Waals surface area (Å²) in [5, 5.41) is 26.0. The molecule has 0 spiro atoms. The maximum Gasteiger partial charge on any atom is 0.317 e. The first kappa shape index (κ1) is 18.0. The van der Waals surface area contributed by atoms with Gasteiger partial charge in [0.25, 0.3) is 0 Å². The molecule has 4 bridgehead atoms. The first-order chi connectivity index (χ1) is 12.3. The molecule has 5 fully saturated rings. The first-order valence-corrected chi connectivity index (χ1v) is 10.0. The molecule has 5 aliphatic rings. The van der Waals surface area contributed by atoms with Crippen molar-refractivity contribution in [3.8, 4) is 0 Å². The third-order valence-electron chi connectivity index (χ3n) is 7.12. The Bertz CT molecular complexity index is 575. The molecule has 4 N–H and O–H groups in total. The van der Waals surface area contributed by atoms with E-state index in [2.05, 4.69) is 10.6 Å². The van der Waals surface area contributed by atoms with E-state index in [0.29, 0.717) is 24.8 Å². The number of amides is 2. The van der Waals surface area contributed by atoms with Gasteiger partial charge in [-0.05, 0) is 69.7 Å². The third-order valence-corrected chi connectivity index (χ3v) is 7.12. The normalized spacial score (nSPS) is 43.2. The number of carboxylic acid groups (broad SMARTS) is 1. The van der Waals surface area contributed by atoms with E-state index in [1.54, 1.807) is 0 Å². The van der Waals surface area contributed by atoms with Crippen LogP contribution in [0.25, 0.3) is 0 Å². The molecule has 2 atom stereocenters. The van der Waals surface area contributed by atoms with Gasteiger partial charge in [-0.25, -0.2) is 4.79 Å². The minimum atomic E-state index is -0.805. The number of carbonyl (C=O) groups is 2. The van der Waals surface area contributed by atoms with Gasteiger partial charge < -0.3 is 20.8 Å². The lowest BCUT2D eigenvalue weighted by molar-refractivity contribution is -0.140. The molecule has 146 valence electrons. The Balaban J connectivity index is 1.27. The minimum absolute atomic E-state index is 0.0601. The van der Waals surface area contributed by atoms with Gasteiger partial charge in [-0.15, -0.1) is 0 Å². The number of nitrogens with zero attached hydrogens (tertiary/aromatic N) is 1. The van der Waals surface area contributed by atoms with Gasteiger partial charge in [0, 0.05) is 17.6 Å². The highest BCUT2D eigenvalue weighted by Crippen LogP contribution is 2.57. The average molecular weight is 365 g/mol. The SMILES string of the molecule is CCN(CC(=O)O)C1CC(NC(=O)NC23CC4CC(CC(O)(C4)C2)C3)C1. The van der Waals surface area contributed by atoms with Gasteiger partial charge in [-0.3, -0.25) is 9.69 Å². The fraction of sp³-hybridized carbons (Fsp3) is 0.895. The van der Waals surface area contributed by atoms with Gasteiger partial charge in [0.1, 0.15) is 0 Å². The number of rotatable bonds is 6. The summed E-state index contributed by atoms with van der Waals surface area (Å²) in [4.78, 5) is 25.4. The number of carboxylic acids is 1. The molecule has 0 saturated heterocycles. The molecule has 0 radical (unpaired) electrons. The summed E-state index contributed by atoms with van der Waals surface area (Å²) in [6.07, 6.45) is 7.28. The fourth-order valence-corrected chi connectivity index (χ4v) is 6.50. The number of likely N-dealkylation sites (N-methyl/N-ethyl adjacent to an activating group) is 1. The van der Waals surface area contributed by atoms with Crippen LogP contribution < -0.4 is 10.6 Å². The lowest BCUT2D eigenvalue weighted by Gasteiger charge is -2.60. The maximum absolute atomic E-state index is 12.5. The highest BCUT2D eigenvalue weighted by Gasteiger charge is 2.57. The van der Waals surface area contributed by atoms with Crippen molar-refractivity contribution in [3.63, 3.8) is 0 Å². The quantitative estimate of drug-likeness (QED) is 0.568. The van der Waals surface area contributed by atoms with Gasteiger partial charge >= 0.3 is 12.0 Å². The van der Waals surface area contributed by atoms with Crippen LogP contribution in [0.4, 0.5) is 4.79 Å². The summed E-state index contributed by atoms with van der Waals surface area (Å²) in [6, 6.07) is 0.224. The predicted molar refractivity (Wildman–Crippen MR) is 95.7 cm³/mol. The van der Waals surface area contributed by atoms with Crippen LogP contribution in [0.5, 0.6) is 0 Å². The molecule has 2 unspecified atom stereocenters. The highest BCUT2D eigenvalue weighted by molar-refractivity contribution is 5.75. The summed E-state index contributed by atoms with van der Waals surface area (Å²) in [5.74, 6) is 0.285. The van der Waals surface area contributed by atoms with Crippen LogP contribution in [0.15, 0.2) is 0 Å². The van der Waals surface area contributed by atoms with E-state index in [1.807, 2.05) is 11.8 Å². The molecular weight excluding hydrogens is 334 g/mol. The largest absolute Gasteiger partial charge is 0.480 e. The van der Waals surface area contributed by atoms with Crippen molar-refractivity contribution >= 4 is 12.0 Å². The summed E-state index contributed by atoms with van der Waals surface area (Å²) in [5.41, 5.74) is -0.803. The van der Waals surface area contributed by atoms with Crippen molar-refractivity contribution in [1.29, 1.82) is 0 Å². The van der Waals surface area contributed by atoms with Crippen LogP contribution in [0, 0.1) is 11.8 Å². The molecule has 5 saturated carbocycles. The number of hydrogen-bond donors (Lipinski definition) is 4. The van der Waals surface area contributed by atoms with Gasteiger partial charge in [-0.2, -0.15) is 0 Å². The monoisotopic (exact) mass is 365 g/mol. The zero-order valence-corrected chi connectivity index (χ0v) is 15.5. The summed E-state index contributed by atoms with van der Waals surface area (Å²) in [7, 11) is 0. The second-order valence-electron chi connectivity index (χ2n) is 9.34. The molecule has 0 aromatic heterocycles. The number of urea groups is 1. The summed E-state index contributed by atoms with van der Waals surface area (Å²) in [6.45, 7) is 2.74. The fourth-order valence-electron chi connectivity index (χ4n) is 6.50. The number of hydrogen-bond acceptors (Lipinski definition) is 4. The van der Waals surface area contributed by atoms with Gasteiger partial charge in [-0.1, -0.05) is 6.92 Å². The van der Waals surface area contributed by atoms with Crippen molar-refractivity contribution in [2.75, 3.05) is 13.1 Å². The van der Waals surface area contributed by atoms with E-state index in [-0.39, 0.29) is 30.2 Å². The summed E-state index contributed by atoms with van der Waals surface area (Å²) < 4.78 is 0. The van der Waals surface area contributed by atoms with Crippen LogP contribution in [0.2, 0.25) is 0 Å². The Labute approximate surface area is 154 Å². The highest BCUT2D eigenvalue weighted by atomic mass is 16.4. The molecule has 7 heteroatoms. The van der Waals surface area contributed by atoms with Crippen LogP contribution in [-0.2, 0) is 4.79 Å². The zero-order chi connectivity index (χ0) is 18.5. The van der Waals surface area contributed by atoms with E-state index in [1.165, 1.54) is 6.42 Å². The van der Waals surface area contributed by atoms with Crippen molar-refractivity contribution < 1.29 is 19.8 Å². The molecular formula is C19H31N3O4. The molecule has 7 nitrogen and oxygen atoms in total. The third kappa shape index (κ3) is 3.43. The minimum Gasteiger partial charge on any atom is -0.480 e. The van der Waals surface area contributed by atoms with Gasteiger partial charge in [0.2, 0.25) is 0 Å². The van der Waals surface area contributed by atoms with Crippen LogP contribution >= 0.6 is 0 Å². The van der Waals surface area contributed by atoms with Crippen molar-refractivity contribution in [3.05, 3.63) is 0 Å². The Morgan fingerprint density at radius 2 is 1.77 bits per heavy atom. The molecule has 5 aliphatic carbocycles. The molecule has 0 aromatic rings. The number of carbonyl (C=O) groups excluding carboxylic acids is 1. The summed E-state index contributed by atoms with van der Waals surface area (Å²) >= 11 is 0. The number of nitrogens with one attached hydrogen (secondary N) is 2. The van der Waals surface area contributed by atoms with Crippen LogP contribution in [-0.4, -0.2) is 63.4 Å². The van der Waals surface area contributed by atoms with Gasteiger partial charge in [0.05, 0.1) is 12.1 Å². The van der Waals surface area contributed by atoms with Crippen LogP contribution in [0.3, 0.4) is 0 Å². The molecule has 0 heterocycles.